The van der Waals surface area contributed by atoms with Crippen LogP contribution in [0.25, 0.3) is 0 Å². The molecule has 1 aromatic heterocycles. The zero-order chi connectivity index (χ0) is 12.4. The van der Waals surface area contributed by atoms with Crippen LogP contribution in [-0.2, 0) is 0 Å². The van der Waals surface area contributed by atoms with Gasteiger partial charge in [-0.25, -0.2) is 0 Å². The van der Waals surface area contributed by atoms with Gasteiger partial charge in [-0.2, -0.15) is 0 Å². The lowest BCUT2D eigenvalue weighted by Crippen LogP contribution is -2.17. The van der Waals surface area contributed by atoms with E-state index in [4.69, 9.17) is 11.6 Å². The van der Waals surface area contributed by atoms with Crippen LogP contribution in [0.2, 0.25) is 5.02 Å². The summed E-state index contributed by atoms with van der Waals surface area (Å²) < 4.78 is 0. The summed E-state index contributed by atoms with van der Waals surface area (Å²) in [6.45, 7) is 4.31. The van der Waals surface area contributed by atoms with Crippen molar-refractivity contribution in [2.24, 2.45) is 0 Å². The van der Waals surface area contributed by atoms with Crippen molar-refractivity contribution in [3.63, 3.8) is 0 Å². The molecule has 0 fully saturated rings. The van der Waals surface area contributed by atoms with Crippen molar-refractivity contribution in [3.8, 4) is 0 Å². The van der Waals surface area contributed by atoms with E-state index in [-0.39, 0.29) is 6.04 Å². The second kappa shape index (κ2) is 5.21. The number of benzene rings is 1. The summed E-state index contributed by atoms with van der Waals surface area (Å²) >= 11 is 7.77. The lowest BCUT2D eigenvalue weighted by molar-refractivity contribution is 0.700. The molecule has 0 bridgehead atoms. The Morgan fingerprint density at radius 1 is 1.18 bits per heavy atom. The van der Waals surface area contributed by atoms with Gasteiger partial charge in [0.25, 0.3) is 0 Å². The van der Waals surface area contributed by atoms with Crippen molar-refractivity contribution in [1.29, 1.82) is 0 Å². The first kappa shape index (κ1) is 12.6. The first-order chi connectivity index (χ1) is 8.11. The van der Waals surface area contributed by atoms with E-state index in [2.05, 4.69) is 37.4 Å². The van der Waals surface area contributed by atoms with Crippen LogP contribution >= 0.6 is 22.9 Å². The molecule has 0 amide bonds. The average Bonchev–Trinajstić information content (AvgIpc) is 2.62. The van der Waals surface area contributed by atoms with Crippen molar-refractivity contribution >= 4 is 22.9 Å². The van der Waals surface area contributed by atoms with Crippen LogP contribution in [0.5, 0.6) is 0 Å². The van der Waals surface area contributed by atoms with Crippen LogP contribution in [0.3, 0.4) is 0 Å². The third-order valence-corrected chi connectivity index (χ3v) is 4.30. The van der Waals surface area contributed by atoms with E-state index in [1.807, 2.05) is 30.5 Å². The quantitative estimate of drug-likeness (QED) is 0.871. The zero-order valence-corrected chi connectivity index (χ0v) is 11.8. The molecule has 1 aromatic carbocycles. The topological polar surface area (TPSA) is 12.0 Å². The van der Waals surface area contributed by atoms with Gasteiger partial charge in [0.15, 0.2) is 0 Å². The number of halogens is 1. The van der Waals surface area contributed by atoms with Gasteiger partial charge in [-0.15, -0.1) is 11.3 Å². The van der Waals surface area contributed by atoms with Crippen molar-refractivity contribution in [3.05, 3.63) is 56.2 Å². The molecule has 1 N–H and O–H groups in total. The van der Waals surface area contributed by atoms with Gasteiger partial charge in [-0.05, 0) is 50.2 Å². The van der Waals surface area contributed by atoms with Crippen LogP contribution in [-0.4, -0.2) is 7.05 Å². The number of aryl methyl sites for hydroxylation is 2. The van der Waals surface area contributed by atoms with Crippen LogP contribution in [0.1, 0.15) is 26.9 Å². The summed E-state index contributed by atoms with van der Waals surface area (Å²) in [4.78, 5) is 2.74. The SMILES string of the molecule is CNC(c1ccc(Cl)cc1)c1sc(C)cc1C. The van der Waals surface area contributed by atoms with E-state index in [9.17, 15) is 0 Å². The van der Waals surface area contributed by atoms with Gasteiger partial charge in [0.2, 0.25) is 0 Å². The van der Waals surface area contributed by atoms with Crippen LogP contribution < -0.4 is 5.32 Å². The molecule has 3 heteroatoms. The highest BCUT2D eigenvalue weighted by atomic mass is 35.5. The molecule has 2 rings (SSSR count). The van der Waals surface area contributed by atoms with Gasteiger partial charge in [-0.1, -0.05) is 23.7 Å². The van der Waals surface area contributed by atoms with Crippen molar-refractivity contribution in [2.75, 3.05) is 7.05 Å². The van der Waals surface area contributed by atoms with Crippen molar-refractivity contribution in [1.82, 2.24) is 5.32 Å². The molecule has 0 saturated carbocycles. The maximum atomic E-state index is 5.92. The Balaban J connectivity index is 2.39. The van der Waals surface area contributed by atoms with E-state index < -0.39 is 0 Å². The Morgan fingerprint density at radius 2 is 1.82 bits per heavy atom. The molecule has 0 saturated heterocycles. The maximum Gasteiger partial charge on any atom is 0.0671 e. The molecule has 90 valence electrons. The van der Waals surface area contributed by atoms with Gasteiger partial charge < -0.3 is 5.32 Å². The van der Waals surface area contributed by atoms with E-state index in [0.717, 1.165) is 5.02 Å². The van der Waals surface area contributed by atoms with E-state index in [1.165, 1.54) is 20.9 Å². The Kier molecular flexibility index (Phi) is 3.87. The summed E-state index contributed by atoms with van der Waals surface area (Å²) in [5.74, 6) is 0. The minimum absolute atomic E-state index is 0.256. The fraction of sp³-hybridized carbons (Fsp3) is 0.286. The summed E-state index contributed by atoms with van der Waals surface area (Å²) in [7, 11) is 1.99. The normalized spacial score (nSPS) is 12.7. The van der Waals surface area contributed by atoms with Gasteiger partial charge in [0.05, 0.1) is 6.04 Å². The van der Waals surface area contributed by atoms with Gasteiger partial charge in [-0.3, -0.25) is 0 Å². The zero-order valence-electron chi connectivity index (χ0n) is 10.3. The first-order valence-electron chi connectivity index (χ1n) is 5.61. The minimum Gasteiger partial charge on any atom is -0.309 e. The second-order valence-corrected chi connectivity index (χ2v) is 5.90. The lowest BCUT2D eigenvalue weighted by Gasteiger charge is -2.16. The molecule has 1 unspecified atom stereocenters. The van der Waals surface area contributed by atoms with Gasteiger partial charge in [0, 0.05) is 14.8 Å². The Bertz CT molecular complexity index is 501. The fourth-order valence-electron chi connectivity index (χ4n) is 2.05. The third kappa shape index (κ3) is 2.71. The molecule has 0 aliphatic heterocycles. The predicted octanol–water partition coefficient (Wildman–Crippen LogP) is 4.33. The molecular formula is C14H16ClNS. The Labute approximate surface area is 111 Å². The molecule has 2 aromatic rings. The maximum absolute atomic E-state index is 5.92. The highest BCUT2D eigenvalue weighted by Crippen LogP contribution is 2.31. The molecule has 1 nitrogen and oxygen atoms in total. The molecular weight excluding hydrogens is 250 g/mol. The number of rotatable bonds is 3. The van der Waals surface area contributed by atoms with E-state index in [0.29, 0.717) is 0 Å². The monoisotopic (exact) mass is 265 g/mol. The van der Waals surface area contributed by atoms with Crippen molar-refractivity contribution in [2.45, 2.75) is 19.9 Å². The molecule has 1 atom stereocenters. The van der Waals surface area contributed by atoms with Crippen LogP contribution in [0, 0.1) is 13.8 Å². The number of nitrogens with one attached hydrogen (secondary N) is 1. The number of hydrogen-bond donors (Lipinski definition) is 1. The second-order valence-electron chi connectivity index (χ2n) is 4.18. The van der Waals surface area contributed by atoms with Crippen molar-refractivity contribution < 1.29 is 0 Å². The summed E-state index contributed by atoms with van der Waals surface area (Å²) in [6, 6.07) is 10.5. The molecule has 17 heavy (non-hydrogen) atoms. The predicted molar refractivity (Wildman–Crippen MR) is 76.1 cm³/mol. The largest absolute Gasteiger partial charge is 0.309 e. The highest BCUT2D eigenvalue weighted by molar-refractivity contribution is 7.12. The Hall–Kier alpha value is -0.830. The molecule has 0 aliphatic rings. The highest BCUT2D eigenvalue weighted by Gasteiger charge is 2.16. The number of thiophene rings is 1. The fourth-order valence-corrected chi connectivity index (χ4v) is 3.35. The van der Waals surface area contributed by atoms with Gasteiger partial charge in [0.1, 0.15) is 0 Å². The van der Waals surface area contributed by atoms with Gasteiger partial charge >= 0.3 is 0 Å². The average molecular weight is 266 g/mol. The van der Waals surface area contributed by atoms with Crippen LogP contribution in [0.15, 0.2) is 30.3 Å². The first-order valence-corrected chi connectivity index (χ1v) is 6.81. The van der Waals surface area contributed by atoms with E-state index in [1.54, 1.807) is 0 Å². The number of hydrogen-bond acceptors (Lipinski definition) is 2. The third-order valence-electron chi connectivity index (χ3n) is 2.83. The van der Waals surface area contributed by atoms with Crippen LogP contribution in [0.4, 0.5) is 0 Å². The Morgan fingerprint density at radius 3 is 2.29 bits per heavy atom. The summed E-state index contributed by atoms with van der Waals surface area (Å²) in [5, 5.41) is 4.16. The van der Waals surface area contributed by atoms with E-state index >= 15 is 0 Å². The smallest absolute Gasteiger partial charge is 0.0671 e. The standard InChI is InChI=1S/C14H16ClNS/c1-9-8-10(2)17-14(9)13(16-3)11-4-6-12(15)7-5-11/h4-8,13,16H,1-3H3. The molecule has 0 aliphatic carbocycles. The minimum atomic E-state index is 0.256. The summed E-state index contributed by atoms with van der Waals surface area (Å²) in [5.41, 5.74) is 2.60. The molecule has 0 spiro atoms. The summed E-state index contributed by atoms with van der Waals surface area (Å²) in [6.07, 6.45) is 0. The molecule has 0 radical (unpaired) electrons. The lowest BCUT2D eigenvalue weighted by atomic mass is 10.0. The molecule has 1 heterocycles.